The predicted molar refractivity (Wildman–Crippen MR) is 172 cm³/mol. The summed E-state index contributed by atoms with van der Waals surface area (Å²) >= 11 is 12.6. The predicted octanol–water partition coefficient (Wildman–Crippen LogP) is 6.39. The fourth-order valence-electron chi connectivity index (χ4n) is 4.52. The molecule has 11 heteroatoms. The lowest BCUT2D eigenvalue weighted by molar-refractivity contribution is -0.140. The number of methoxy groups -OCH3 is 1. The lowest BCUT2D eigenvalue weighted by atomic mass is 10.1. The summed E-state index contributed by atoms with van der Waals surface area (Å²) in [6, 6.07) is 15.5. The van der Waals surface area contributed by atoms with Crippen molar-refractivity contribution in [3.63, 3.8) is 0 Å². The largest absolute Gasteiger partial charge is 0.495 e. The van der Waals surface area contributed by atoms with E-state index in [1.165, 1.54) is 24.1 Å². The number of sulfonamides is 1. The van der Waals surface area contributed by atoms with E-state index in [0.717, 1.165) is 15.4 Å². The lowest BCUT2D eigenvalue weighted by Gasteiger charge is -2.34. The van der Waals surface area contributed by atoms with E-state index >= 15 is 0 Å². The minimum Gasteiger partial charge on any atom is -0.495 e. The summed E-state index contributed by atoms with van der Waals surface area (Å²) in [7, 11) is -2.81. The van der Waals surface area contributed by atoms with Gasteiger partial charge >= 0.3 is 0 Å². The monoisotopic (exact) mass is 647 g/mol. The molecule has 8 nitrogen and oxygen atoms in total. The van der Waals surface area contributed by atoms with Crippen molar-refractivity contribution < 1.29 is 22.7 Å². The first-order valence-electron chi connectivity index (χ1n) is 14.0. The molecule has 0 bridgehead atoms. The van der Waals surface area contributed by atoms with E-state index < -0.39 is 28.5 Å². The number of nitrogens with one attached hydrogen (secondary N) is 1. The Morgan fingerprint density at radius 3 is 2.19 bits per heavy atom. The molecule has 0 saturated heterocycles. The Kier molecular flexibility index (Phi) is 11.9. The minimum atomic E-state index is -4.25. The number of nitrogens with zero attached hydrogens (tertiary/aromatic N) is 2. The standard InChI is InChI=1S/C32H39Cl2N3O5S/c1-7-28(32(39)35-18-21(2)3)36(19-24-11-12-25(33)17-27(24)34)31(38)20-37(29-16-23(5)10-15-30(29)42-6)43(40,41)26-13-8-22(4)9-14-26/h8-17,21,28H,7,18-20H2,1-6H3,(H,35,39)/t28-/m1/s1. The van der Waals surface area contributed by atoms with Crippen molar-refractivity contribution in [2.75, 3.05) is 24.5 Å². The molecule has 2 amide bonds. The van der Waals surface area contributed by atoms with Gasteiger partial charge in [-0.1, -0.05) is 73.8 Å². The number of ether oxygens (including phenoxy) is 1. The van der Waals surface area contributed by atoms with Crippen molar-refractivity contribution in [2.24, 2.45) is 5.92 Å². The van der Waals surface area contributed by atoms with Crippen molar-refractivity contribution in [1.82, 2.24) is 10.2 Å². The first-order chi connectivity index (χ1) is 20.3. The van der Waals surface area contributed by atoms with E-state index in [1.54, 1.807) is 55.5 Å². The van der Waals surface area contributed by atoms with E-state index in [-0.39, 0.29) is 34.7 Å². The summed E-state index contributed by atoms with van der Waals surface area (Å²) in [5.74, 6) is -0.448. The Morgan fingerprint density at radius 1 is 0.953 bits per heavy atom. The number of carbonyl (C=O) groups excluding carboxylic acids is 2. The second kappa shape index (κ2) is 14.9. The highest BCUT2D eigenvalue weighted by molar-refractivity contribution is 7.92. The topological polar surface area (TPSA) is 96.0 Å². The first-order valence-corrected chi connectivity index (χ1v) is 16.2. The molecule has 0 aliphatic rings. The van der Waals surface area contributed by atoms with Crippen molar-refractivity contribution in [3.8, 4) is 5.75 Å². The number of hydrogen-bond acceptors (Lipinski definition) is 5. The van der Waals surface area contributed by atoms with Crippen LogP contribution < -0.4 is 14.4 Å². The van der Waals surface area contributed by atoms with Gasteiger partial charge in [0.1, 0.15) is 18.3 Å². The van der Waals surface area contributed by atoms with E-state index in [0.29, 0.717) is 28.6 Å². The molecule has 3 aromatic rings. The Balaban J connectivity index is 2.14. The van der Waals surface area contributed by atoms with Gasteiger partial charge in [0.25, 0.3) is 10.0 Å². The molecule has 0 aliphatic carbocycles. The van der Waals surface area contributed by atoms with Crippen LogP contribution in [0.3, 0.4) is 0 Å². The van der Waals surface area contributed by atoms with Crippen LogP contribution in [0.4, 0.5) is 5.69 Å². The van der Waals surface area contributed by atoms with Crippen LogP contribution in [0.1, 0.15) is 43.9 Å². The van der Waals surface area contributed by atoms with Gasteiger partial charge in [0.2, 0.25) is 11.8 Å². The maximum absolute atomic E-state index is 14.3. The number of anilines is 1. The summed E-state index contributed by atoms with van der Waals surface area (Å²) in [4.78, 5) is 29.1. The number of rotatable bonds is 13. The molecule has 0 spiro atoms. The third kappa shape index (κ3) is 8.65. The number of carbonyl (C=O) groups is 2. The van der Waals surface area contributed by atoms with Gasteiger partial charge in [-0.25, -0.2) is 8.42 Å². The molecule has 0 fully saturated rings. The summed E-state index contributed by atoms with van der Waals surface area (Å²) in [6.45, 7) is 9.22. The minimum absolute atomic E-state index is 0.0171. The molecule has 0 aliphatic heterocycles. The van der Waals surface area contributed by atoms with E-state index in [9.17, 15) is 18.0 Å². The van der Waals surface area contributed by atoms with Crippen molar-refractivity contribution in [1.29, 1.82) is 0 Å². The highest BCUT2D eigenvalue weighted by Gasteiger charge is 2.35. The molecule has 0 aromatic heterocycles. The molecule has 0 heterocycles. The molecule has 232 valence electrons. The van der Waals surface area contributed by atoms with Gasteiger partial charge in [-0.2, -0.15) is 0 Å². The van der Waals surface area contributed by atoms with Gasteiger partial charge in [0.05, 0.1) is 17.7 Å². The summed E-state index contributed by atoms with van der Waals surface area (Å²) in [5, 5.41) is 3.66. The van der Waals surface area contributed by atoms with Crippen LogP contribution in [0, 0.1) is 19.8 Å². The zero-order valence-electron chi connectivity index (χ0n) is 25.4. The maximum Gasteiger partial charge on any atom is 0.264 e. The van der Waals surface area contributed by atoms with Crippen LogP contribution in [-0.4, -0.2) is 51.4 Å². The molecular weight excluding hydrogens is 609 g/mol. The SMILES string of the molecule is CC[C@H](C(=O)NCC(C)C)N(Cc1ccc(Cl)cc1Cl)C(=O)CN(c1cc(C)ccc1OC)S(=O)(=O)c1ccc(C)cc1. The van der Waals surface area contributed by atoms with Gasteiger partial charge < -0.3 is 15.0 Å². The second-order valence-electron chi connectivity index (χ2n) is 10.8. The van der Waals surface area contributed by atoms with E-state index in [1.807, 2.05) is 27.7 Å². The molecule has 3 aromatic carbocycles. The molecule has 0 saturated carbocycles. The molecule has 0 radical (unpaired) electrons. The molecular formula is C32H39Cl2N3O5S. The normalized spacial score (nSPS) is 12.1. The van der Waals surface area contributed by atoms with Gasteiger partial charge in [-0.3, -0.25) is 13.9 Å². The number of benzene rings is 3. The Labute approximate surface area is 265 Å². The molecule has 43 heavy (non-hydrogen) atoms. The third-order valence-electron chi connectivity index (χ3n) is 6.92. The maximum atomic E-state index is 14.3. The van der Waals surface area contributed by atoms with Crippen LogP contribution in [0.5, 0.6) is 5.75 Å². The third-order valence-corrected chi connectivity index (χ3v) is 9.28. The zero-order valence-corrected chi connectivity index (χ0v) is 27.7. The van der Waals surface area contributed by atoms with Crippen LogP contribution >= 0.6 is 23.2 Å². The Hall–Kier alpha value is -3.27. The van der Waals surface area contributed by atoms with Crippen molar-refractivity contribution in [2.45, 2.75) is 58.5 Å². The van der Waals surface area contributed by atoms with Gasteiger partial charge in [-0.15, -0.1) is 0 Å². The average Bonchev–Trinajstić information content (AvgIpc) is 2.95. The van der Waals surface area contributed by atoms with Crippen LogP contribution in [0.15, 0.2) is 65.6 Å². The average molecular weight is 649 g/mol. The molecule has 3 rings (SSSR count). The molecule has 1 N–H and O–H groups in total. The fourth-order valence-corrected chi connectivity index (χ4v) is 6.41. The van der Waals surface area contributed by atoms with Gasteiger partial charge in [-0.05, 0) is 73.7 Å². The lowest BCUT2D eigenvalue weighted by Crippen LogP contribution is -2.52. The number of aryl methyl sites for hydroxylation is 2. The molecule has 1 atom stereocenters. The van der Waals surface area contributed by atoms with E-state index in [4.69, 9.17) is 27.9 Å². The van der Waals surface area contributed by atoms with Crippen molar-refractivity contribution >= 4 is 50.7 Å². The first kappa shape index (κ1) is 34.2. The zero-order chi connectivity index (χ0) is 31.9. The highest BCUT2D eigenvalue weighted by Crippen LogP contribution is 2.34. The van der Waals surface area contributed by atoms with E-state index in [2.05, 4.69) is 5.32 Å². The van der Waals surface area contributed by atoms with Gasteiger partial charge in [0, 0.05) is 23.1 Å². The van der Waals surface area contributed by atoms with Gasteiger partial charge in [0.15, 0.2) is 0 Å². The van der Waals surface area contributed by atoms with Crippen molar-refractivity contribution in [3.05, 3.63) is 87.4 Å². The Morgan fingerprint density at radius 2 is 1.60 bits per heavy atom. The summed E-state index contributed by atoms with van der Waals surface area (Å²) in [6.07, 6.45) is 0.291. The highest BCUT2D eigenvalue weighted by atomic mass is 35.5. The molecule has 0 unspecified atom stereocenters. The number of hydrogen-bond donors (Lipinski definition) is 1. The van der Waals surface area contributed by atoms with Crippen LogP contribution in [0.2, 0.25) is 10.0 Å². The van der Waals surface area contributed by atoms with Crippen LogP contribution in [-0.2, 0) is 26.2 Å². The quantitative estimate of drug-likeness (QED) is 0.232. The number of amides is 2. The summed E-state index contributed by atoms with van der Waals surface area (Å²) in [5.41, 5.74) is 2.43. The second-order valence-corrected chi connectivity index (χ2v) is 13.5. The van der Waals surface area contributed by atoms with Crippen LogP contribution in [0.25, 0.3) is 0 Å². The smallest absolute Gasteiger partial charge is 0.264 e. The Bertz CT molecular complexity index is 1550. The summed E-state index contributed by atoms with van der Waals surface area (Å²) < 4.78 is 34.9. The fraction of sp³-hybridized carbons (Fsp3) is 0.375. The number of halogens is 2.